The van der Waals surface area contributed by atoms with Crippen molar-refractivity contribution in [2.45, 2.75) is 12.1 Å². The predicted molar refractivity (Wildman–Crippen MR) is 98.2 cm³/mol. The van der Waals surface area contributed by atoms with Crippen molar-refractivity contribution in [2.75, 3.05) is 17.7 Å². The van der Waals surface area contributed by atoms with Gasteiger partial charge < -0.3 is 20.4 Å². The first-order valence-electron chi connectivity index (χ1n) is 8.18. The zero-order chi connectivity index (χ0) is 20.3. The number of urea groups is 1. The van der Waals surface area contributed by atoms with Gasteiger partial charge in [0.2, 0.25) is 0 Å². The summed E-state index contributed by atoms with van der Waals surface area (Å²) in [5, 5.41) is 5.33. The Balaban J connectivity index is 1.89. The molecule has 1 aromatic heterocycles. The fraction of sp³-hybridized carbons (Fsp3) is 0.158. The van der Waals surface area contributed by atoms with Gasteiger partial charge in [-0.15, -0.1) is 0 Å². The number of hydrogen-bond donors (Lipinski definition) is 3. The van der Waals surface area contributed by atoms with E-state index in [1.807, 2.05) is 0 Å². The number of H-pyrrole nitrogens is 1. The maximum atomic E-state index is 13.4. The molecule has 0 saturated carbocycles. The van der Waals surface area contributed by atoms with Crippen molar-refractivity contribution >= 4 is 34.3 Å². The van der Waals surface area contributed by atoms with Crippen molar-refractivity contribution in [2.24, 2.45) is 0 Å². The number of esters is 1. The Labute approximate surface area is 157 Å². The Kier molecular flexibility index (Phi) is 5.25. The second-order valence-electron chi connectivity index (χ2n) is 5.95. The quantitative estimate of drug-likeness (QED) is 0.567. The lowest BCUT2D eigenvalue weighted by atomic mass is 9.97. The molecule has 0 aliphatic heterocycles. The maximum Gasteiger partial charge on any atom is 0.406 e. The number of anilines is 2. The van der Waals surface area contributed by atoms with E-state index < -0.39 is 24.1 Å². The highest BCUT2D eigenvalue weighted by molar-refractivity contribution is 6.01. The van der Waals surface area contributed by atoms with Gasteiger partial charge in [0.1, 0.15) is 0 Å². The van der Waals surface area contributed by atoms with Crippen LogP contribution >= 0.6 is 0 Å². The number of ether oxygens (including phenoxy) is 1. The number of hydrogen-bond acceptors (Lipinski definition) is 3. The minimum absolute atomic E-state index is 0.158. The van der Waals surface area contributed by atoms with E-state index in [9.17, 15) is 22.8 Å². The first-order valence-corrected chi connectivity index (χ1v) is 8.18. The van der Waals surface area contributed by atoms with Gasteiger partial charge in [-0.1, -0.05) is 18.2 Å². The lowest BCUT2D eigenvalue weighted by Crippen LogP contribution is -2.29. The number of rotatable bonds is 4. The van der Waals surface area contributed by atoms with Gasteiger partial charge in [0.05, 0.1) is 7.11 Å². The number of carbonyl (C=O) groups is 2. The van der Waals surface area contributed by atoms with Crippen LogP contribution in [0.5, 0.6) is 0 Å². The molecule has 3 N–H and O–H groups in total. The topological polar surface area (TPSA) is 83.2 Å². The number of aromatic amines is 1. The number of aromatic nitrogens is 1. The number of fused-ring (bicyclic) bond motifs is 1. The minimum atomic E-state index is -4.82. The average molecular weight is 391 g/mol. The summed E-state index contributed by atoms with van der Waals surface area (Å²) < 4.78 is 44.5. The fourth-order valence-electron chi connectivity index (χ4n) is 2.83. The summed E-state index contributed by atoms with van der Waals surface area (Å²) in [6.45, 7) is 0. The van der Waals surface area contributed by atoms with Gasteiger partial charge in [-0.05, 0) is 30.3 Å². The van der Waals surface area contributed by atoms with E-state index >= 15 is 0 Å². The van der Waals surface area contributed by atoms with Crippen LogP contribution in [0.2, 0.25) is 0 Å². The van der Waals surface area contributed by atoms with Crippen LogP contribution in [-0.2, 0) is 9.53 Å². The summed E-state index contributed by atoms with van der Waals surface area (Å²) in [5.41, 5.74) is 0.947. The van der Waals surface area contributed by atoms with Crippen molar-refractivity contribution < 1.29 is 27.5 Å². The summed E-state index contributed by atoms with van der Waals surface area (Å²) in [4.78, 5) is 26.5. The third-order valence-electron chi connectivity index (χ3n) is 4.08. The van der Waals surface area contributed by atoms with Crippen LogP contribution in [0.1, 0.15) is 11.5 Å². The van der Waals surface area contributed by atoms with Crippen LogP contribution in [-0.4, -0.2) is 30.3 Å². The zero-order valence-corrected chi connectivity index (χ0v) is 14.6. The first kappa shape index (κ1) is 19.3. The molecule has 1 atom stereocenters. The van der Waals surface area contributed by atoms with E-state index in [0.717, 1.165) is 13.3 Å². The molecule has 0 aliphatic carbocycles. The van der Waals surface area contributed by atoms with Gasteiger partial charge in [0.15, 0.2) is 5.92 Å². The number of para-hydroxylation sites is 1. The van der Waals surface area contributed by atoms with Crippen LogP contribution in [0.15, 0.2) is 54.7 Å². The summed E-state index contributed by atoms with van der Waals surface area (Å²) in [6.07, 6.45) is -3.70. The molecule has 0 radical (unpaired) electrons. The van der Waals surface area contributed by atoms with Crippen LogP contribution in [0, 0.1) is 0 Å². The van der Waals surface area contributed by atoms with E-state index in [-0.39, 0.29) is 16.6 Å². The highest BCUT2D eigenvalue weighted by Crippen LogP contribution is 2.39. The van der Waals surface area contributed by atoms with E-state index in [4.69, 9.17) is 0 Å². The van der Waals surface area contributed by atoms with E-state index in [0.29, 0.717) is 11.2 Å². The zero-order valence-electron chi connectivity index (χ0n) is 14.6. The number of carbonyl (C=O) groups excluding carboxylic acids is 2. The number of amides is 2. The molecule has 146 valence electrons. The summed E-state index contributed by atoms with van der Waals surface area (Å²) >= 11 is 0. The second kappa shape index (κ2) is 7.63. The Morgan fingerprint density at radius 3 is 2.36 bits per heavy atom. The van der Waals surface area contributed by atoms with Crippen LogP contribution < -0.4 is 10.6 Å². The van der Waals surface area contributed by atoms with Gasteiger partial charge in [-0.2, -0.15) is 13.2 Å². The SMILES string of the molecule is COC(=O)C(c1c[nH]c2ccc(NC(=O)Nc3ccccc3)cc12)C(F)(F)F. The van der Waals surface area contributed by atoms with Gasteiger partial charge in [-0.25, -0.2) is 4.79 Å². The highest BCUT2D eigenvalue weighted by Gasteiger charge is 2.48. The Bertz CT molecular complexity index is 1000. The number of halogens is 3. The largest absolute Gasteiger partial charge is 0.468 e. The van der Waals surface area contributed by atoms with Crippen LogP contribution in [0.3, 0.4) is 0 Å². The number of nitrogens with one attached hydrogen (secondary N) is 3. The van der Waals surface area contributed by atoms with Crippen LogP contribution in [0.25, 0.3) is 10.9 Å². The summed E-state index contributed by atoms with van der Waals surface area (Å²) in [5.74, 6) is -3.84. The van der Waals surface area contributed by atoms with Crippen molar-refractivity contribution in [1.82, 2.24) is 4.98 Å². The fourth-order valence-corrected chi connectivity index (χ4v) is 2.83. The monoisotopic (exact) mass is 391 g/mol. The normalized spacial score (nSPS) is 12.4. The molecule has 6 nitrogen and oxygen atoms in total. The van der Waals surface area contributed by atoms with E-state index in [1.54, 1.807) is 30.3 Å². The Hall–Kier alpha value is -3.49. The van der Waals surface area contributed by atoms with E-state index in [1.165, 1.54) is 18.2 Å². The lowest BCUT2D eigenvalue weighted by molar-refractivity contribution is -0.179. The molecule has 0 spiro atoms. The molecule has 2 aromatic carbocycles. The molecule has 1 heterocycles. The van der Waals surface area contributed by atoms with Crippen molar-refractivity contribution in [3.05, 3.63) is 60.3 Å². The molecule has 3 aromatic rings. The molecule has 0 saturated heterocycles. The molecule has 2 amide bonds. The minimum Gasteiger partial charge on any atom is -0.468 e. The highest BCUT2D eigenvalue weighted by atomic mass is 19.4. The average Bonchev–Trinajstić information content (AvgIpc) is 3.04. The third kappa shape index (κ3) is 4.08. The van der Waals surface area contributed by atoms with Crippen molar-refractivity contribution in [1.29, 1.82) is 0 Å². The van der Waals surface area contributed by atoms with Crippen molar-refractivity contribution in [3.8, 4) is 0 Å². The maximum absolute atomic E-state index is 13.4. The lowest BCUT2D eigenvalue weighted by Gasteiger charge is -2.17. The van der Waals surface area contributed by atoms with Crippen LogP contribution in [0.4, 0.5) is 29.3 Å². The first-order chi connectivity index (χ1) is 13.3. The smallest absolute Gasteiger partial charge is 0.406 e. The molecule has 0 aliphatic rings. The van der Waals surface area contributed by atoms with Crippen molar-refractivity contribution in [3.63, 3.8) is 0 Å². The van der Waals surface area contributed by atoms with Gasteiger partial charge >= 0.3 is 18.2 Å². The Morgan fingerprint density at radius 1 is 1.04 bits per heavy atom. The number of alkyl halides is 3. The standard InChI is InChI=1S/C19H16F3N3O3/c1-28-17(26)16(19(20,21)22)14-10-23-15-8-7-12(9-13(14)15)25-18(27)24-11-5-3-2-4-6-11/h2-10,16,23H,1H3,(H2,24,25,27). The molecule has 0 fully saturated rings. The molecule has 28 heavy (non-hydrogen) atoms. The molecular weight excluding hydrogens is 375 g/mol. The molecule has 1 unspecified atom stereocenters. The molecule has 9 heteroatoms. The summed E-state index contributed by atoms with van der Waals surface area (Å²) in [6, 6.07) is 12.5. The third-order valence-corrected chi connectivity index (χ3v) is 4.08. The van der Waals surface area contributed by atoms with Gasteiger partial charge in [0.25, 0.3) is 0 Å². The molecule has 3 rings (SSSR count). The van der Waals surface area contributed by atoms with Gasteiger partial charge in [-0.3, -0.25) is 4.79 Å². The predicted octanol–water partition coefficient (Wildman–Crippen LogP) is 4.63. The second-order valence-corrected chi connectivity index (χ2v) is 5.95. The summed E-state index contributed by atoms with van der Waals surface area (Å²) in [7, 11) is 0.900. The molecule has 0 bridgehead atoms. The Morgan fingerprint density at radius 2 is 1.71 bits per heavy atom. The van der Waals surface area contributed by atoms with Gasteiger partial charge in [0, 0.05) is 34.0 Å². The molecular formula is C19H16F3N3O3. The number of methoxy groups -OCH3 is 1. The number of benzene rings is 2. The van der Waals surface area contributed by atoms with E-state index in [2.05, 4.69) is 20.4 Å².